The molecule has 0 aromatic heterocycles. The highest BCUT2D eigenvalue weighted by Crippen LogP contribution is 2.29. The molecule has 0 radical (unpaired) electrons. The molecule has 1 aliphatic rings. The van der Waals surface area contributed by atoms with E-state index >= 15 is 0 Å². The number of nitrogens with zero attached hydrogens (tertiary/aromatic N) is 1. The van der Waals surface area contributed by atoms with Crippen LogP contribution in [0.2, 0.25) is 0 Å². The van der Waals surface area contributed by atoms with Crippen LogP contribution in [-0.2, 0) is 0 Å². The fraction of sp³-hybridized carbons (Fsp3) is 1.00. The third-order valence-electron chi connectivity index (χ3n) is 4.64. The molecule has 0 heterocycles. The second-order valence-electron chi connectivity index (χ2n) is 7.54. The van der Waals surface area contributed by atoms with Crippen LogP contribution in [-0.4, -0.2) is 37.6 Å². The maximum Gasteiger partial charge on any atom is 0.0237 e. The monoisotopic (exact) mass is 268 g/mol. The average Bonchev–Trinajstić information content (AvgIpc) is 2.27. The summed E-state index contributed by atoms with van der Waals surface area (Å²) in [5.41, 5.74) is 0. The largest absolute Gasteiger partial charge is 0.312 e. The van der Waals surface area contributed by atoms with Crippen molar-refractivity contribution in [3.05, 3.63) is 0 Å². The Labute approximate surface area is 121 Å². The standard InChI is InChI=1S/C17H36N2/c1-13(2)10-15-8-7-9-16(11-15)18-12-17(14(3)4)19(5)6/h13-18H,7-12H2,1-6H3. The molecular weight excluding hydrogens is 232 g/mol. The third-order valence-corrected chi connectivity index (χ3v) is 4.64. The van der Waals surface area contributed by atoms with E-state index in [0.717, 1.165) is 30.3 Å². The van der Waals surface area contributed by atoms with Gasteiger partial charge in [-0.2, -0.15) is 0 Å². The van der Waals surface area contributed by atoms with E-state index in [-0.39, 0.29) is 0 Å². The molecule has 3 unspecified atom stereocenters. The molecule has 3 atom stereocenters. The molecule has 2 nitrogen and oxygen atoms in total. The van der Waals surface area contributed by atoms with Gasteiger partial charge in [0.1, 0.15) is 0 Å². The number of likely N-dealkylation sites (N-methyl/N-ethyl adjacent to an activating group) is 1. The van der Waals surface area contributed by atoms with E-state index in [9.17, 15) is 0 Å². The highest BCUT2D eigenvalue weighted by Gasteiger charge is 2.24. The second-order valence-corrected chi connectivity index (χ2v) is 7.54. The van der Waals surface area contributed by atoms with Crippen LogP contribution in [0.4, 0.5) is 0 Å². The van der Waals surface area contributed by atoms with E-state index in [1.165, 1.54) is 32.1 Å². The predicted octanol–water partition coefficient (Wildman–Crippen LogP) is 3.77. The Balaban J connectivity index is 2.35. The maximum atomic E-state index is 3.85. The van der Waals surface area contributed by atoms with E-state index in [0.29, 0.717) is 6.04 Å². The lowest BCUT2D eigenvalue weighted by Crippen LogP contribution is -2.46. The number of hydrogen-bond acceptors (Lipinski definition) is 2. The van der Waals surface area contributed by atoms with Crippen LogP contribution < -0.4 is 5.32 Å². The zero-order valence-electron chi connectivity index (χ0n) is 14.1. The summed E-state index contributed by atoms with van der Waals surface area (Å²) < 4.78 is 0. The van der Waals surface area contributed by atoms with Crippen LogP contribution in [0, 0.1) is 17.8 Å². The Morgan fingerprint density at radius 3 is 2.32 bits per heavy atom. The Morgan fingerprint density at radius 1 is 1.11 bits per heavy atom. The van der Waals surface area contributed by atoms with Crippen LogP contribution in [0.1, 0.15) is 59.8 Å². The lowest BCUT2D eigenvalue weighted by Gasteiger charge is -2.34. The highest BCUT2D eigenvalue weighted by atomic mass is 15.1. The summed E-state index contributed by atoms with van der Waals surface area (Å²) in [5.74, 6) is 2.54. The van der Waals surface area contributed by atoms with Crippen LogP contribution in [0.15, 0.2) is 0 Å². The highest BCUT2D eigenvalue weighted by molar-refractivity contribution is 4.81. The van der Waals surface area contributed by atoms with Crippen molar-refractivity contribution in [2.24, 2.45) is 17.8 Å². The van der Waals surface area contributed by atoms with Gasteiger partial charge in [-0.25, -0.2) is 0 Å². The first-order valence-electron chi connectivity index (χ1n) is 8.30. The van der Waals surface area contributed by atoms with Crippen LogP contribution in [0.5, 0.6) is 0 Å². The molecule has 1 rings (SSSR count). The van der Waals surface area contributed by atoms with Crippen LogP contribution >= 0.6 is 0 Å². The smallest absolute Gasteiger partial charge is 0.0237 e. The summed E-state index contributed by atoms with van der Waals surface area (Å²) in [4.78, 5) is 2.37. The van der Waals surface area contributed by atoms with Crippen molar-refractivity contribution in [1.82, 2.24) is 10.2 Å². The molecule has 0 aromatic carbocycles. The van der Waals surface area contributed by atoms with Crippen molar-refractivity contribution < 1.29 is 0 Å². The first-order valence-corrected chi connectivity index (χ1v) is 8.30. The normalized spacial score (nSPS) is 26.4. The van der Waals surface area contributed by atoms with Crippen LogP contribution in [0.3, 0.4) is 0 Å². The van der Waals surface area contributed by atoms with E-state index in [2.05, 4.69) is 52.0 Å². The fourth-order valence-electron chi connectivity index (χ4n) is 3.66. The predicted molar refractivity (Wildman–Crippen MR) is 85.5 cm³/mol. The molecule has 1 aliphatic carbocycles. The molecule has 0 aromatic rings. The van der Waals surface area contributed by atoms with Crippen LogP contribution in [0.25, 0.3) is 0 Å². The Kier molecular flexibility index (Phi) is 7.38. The molecule has 0 amide bonds. The van der Waals surface area contributed by atoms with Crippen molar-refractivity contribution in [2.45, 2.75) is 71.9 Å². The summed E-state index contributed by atoms with van der Waals surface area (Å²) in [7, 11) is 4.41. The quantitative estimate of drug-likeness (QED) is 0.756. The minimum Gasteiger partial charge on any atom is -0.312 e. The SMILES string of the molecule is CC(C)CC1CCCC(NCC(C(C)C)N(C)C)C1. The molecule has 0 aliphatic heterocycles. The van der Waals surface area contributed by atoms with E-state index in [1.807, 2.05) is 0 Å². The van der Waals surface area contributed by atoms with Gasteiger partial charge in [0.15, 0.2) is 0 Å². The Morgan fingerprint density at radius 2 is 1.79 bits per heavy atom. The molecule has 1 N–H and O–H groups in total. The average molecular weight is 268 g/mol. The van der Waals surface area contributed by atoms with Gasteiger partial charge in [-0.15, -0.1) is 0 Å². The number of nitrogens with one attached hydrogen (secondary N) is 1. The van der Waals surface area contributed by atoms with E-state index in [4.69, 9.17) is 0 Å². The van der Waals surface area contributed by atoms with Gasteiger partial charge >= 0.3 is 0 Å². The third kappa shape index (κ3) is 6.27. The van der Waals surface area contributed by atoms with Crippen molar-refractivity contribution in [3.8, 4) is 0 Å². The number of hydrogen-bond donors (Lipinski definition) is 1. The fourth-order valence-corrected chi connectivity index (χ4v) is 3.66. The van der Waals surface area contributed by atoms with Gasteiger partial charge in [-0.3, -0.25) is 0 Å². The lowest BCUT2D eigenvalue weighted by atomic mass is 9.81. The van der Waals surface area contributed by atoms with E-state index < -0.39 is 0 Å². The molecule has 114 valence electrons. The summed E-state index contributed by atoms with van der Waals surface area (Å²) in [6.45, 7) is 10.5. The first-order chi connectivity index (χ1) is 8.90. The Hall–Kier alpha value is -0.0800. The van der Waals surface area contributed by atoms with Gasteiger partial charge in [-0.05, 0) is 51.1 Å². The van der Waals surface area contributed by atoms with Crippen molar-refractivity contribution in [3.63, 3.8) is 0 Å². The second kappa shape index (κ2) is 8.26. The van der Waals surface area contributed by atoms with Gasteiger partial charge in [0.25, 0.3) is 0 Å². The van der Waals surface area contributed by atoms with Gasteiger partial charge in [-0.1, -0.05) is 40.5 Å². The van der Waals surface area contributed by atoms with Gasteiger partial charge < -0.3 is 10.2 Å². The minimum absolute atomic E-state index is 0.658. The summed E-state index contributed by atoms with van der Waals surface area (Å²) in [6.07, 6.45) is 7.07. The zero-order valence-corrected chi connectivity index (χ0v) is 14.1. The zero-order chi connectivity index (χ0) is 14.4. The summed E-state index contributed by atoms with van der Waals surface area (Å²) in [5, 5.41) is 3.85. The van der Waals surface area contributed by atoms with Gasteiger partial charge in [0.2, 0.25) is 0 Å². The molecule has 1 fully saturated rings. The Bertz CT molecular complexity index is 227. The molecule has 2 heteroatoms. The molecular formula is C17H36N2. The molecule has 0 bridgehead atoms. The maximum absolute atomic E-state index is 3.85. The first kappa shape index (κ1) is 17.0. The molecule has 1 saturated carbocycles. The minimum atomic E-state index is 0.658. The van der Waals surface area contributed by atoms with Crippen molar-refractivity contribution >= 4 is 0 Å². The topological polar surface area (TPSA) is 15.3 Å². The van der Waals surface area contributed by atoms with Crippen molar-refractivity contribution in [2.75, 3.05) is 20.6 Å². The molecule has 0 spiro atoms. The summed E-state index contributed by atoms with van der Waals surface area (Å²) >= 11 is 0. The lowest BCUT2D eigenvalue weighted by molar-refractivity contribution is 0.197. The summed E-state index contributed by atoms with van der Waals surface area (Å²) in [6, 6.07) is 1.42. The van der Waals surface area contributed by atoms with Gasteiger partial charge in [0, 0.05) is 18.6 Å². The molecule has 0 saturated heterocycles. The molecule has 19 heavy (non-hydrogen) atoms. The van der Waals surface area contributed by atoms with Crippen molar-refractivity contribution in [1.29, 1.82) is 0 Å². The van der Waals surface area contributed by atoms with Gasteiger partial charge in [0.05, 0.1) is 0 Å². The number of rotatable bonds is 7. The van der Waals surface area contributed by atoms with E-state index in [1.54, 1.807) is 0 Å².